The lowest BCUT2D eigenvalue weighted by Gasteiger charge is -2.30. The standard InChI is InChI=1S/C12H21F3N2O/c1-2-17(9-10-5-3-4-8-16-10)11(18)6-7-12(13,14)15/h10,16H,2-9H2,1H3. The molecule has 1 rings (SSSR count). The highest BCUT2D eigenvalue weighted by molar-refractivity contribution is 5.76. The highest BCUT2D eigenvalue weighted by Crippen LogP contribution is 2.22. The van der Waals surface area contributed by atoms with Gasteiger partial charge in [0.2, 0.25) is 5.91 Å². The molecule has 0 radical (unpaired) electrons. The molecule has 0 saturated carbocycles. The van der Waals surface area contributed by atoms with Crippen LogP contribution in [-0.4, -0.2) is 42.7 Å². The van der Waals surface area contributed by atoms with E-state index >= 15 is 0 Å². The van der Waals surface area contributed by atoms with Crippen molar-refractivity contribution in [2.45, 2.75) is 51.2 Å². The minimum absolute atomic E-state index is 0.230. The monoisotopic (exact) mass is 266 g/mol. The van der Waals surface area contributed by atoms with Crippen LogP contribution in [0, 0.1) is 0 Å². The van der Waals surface area contributed by atoms with Crippen molar-refractivity contribution < 1.29 is 18.0 Å². The lowest BCUT2D eigenvalue weighted by molar-refractivity contribution is -0.149. The summed E-state index contributed by atoms with van der Waals surface area (Å²) >= 11 is 0. The van der Waals surface area contributed by atoms with Crippen LogP contribution in [0.15, 0.2) is 0 Å². The Labute approximate surface area is 106 Å². The van der Waals surface area contributed by atoms with Crippen molar-refractivity contribution in [1.29, 1.82) is 0 Å². The van der Waals surface area contributed by atoms with Gasteiger partial charge < -0.3 is 10.2 Å². The van der Waals surface area contributed by atoms with E-state index in [0.29, 0.717) is 13.1 Å². The van der Waals surface area contributed by atoms with E-state index in [-0.39, 0.29) is 6.04 Å². The molecule has 1 saturated heterocycles. The number of piperidine rings is 1. The molecule has 1 amide bonds. The van der Waals surface area contributed by atoms with Crippen LogP contribution < -0.4 is 5.32 Å². The zero-order valence-electron chi connectivity index (χ0n) is 10.7. The molecule has 1 aliphatic rings. The molecule has 1 atom stereocenters. The fourth-order valence-electron chi connectivity index (χ4n) is 2.16. The normalized spacial score (nSPS) is 20.8. The molecule has 3 nitrogen and oxygen atoms in total. The maximum absolute atomic E-state index is 12.1. The number of alkyl halides is 3. The number of nitrogens with one attached hydrogen (secondary N) is 1. The third kappa shape index (κ3) is 5.71. The number of carbonyl (C=O) groups is 1. The summed E-state index contributed by atoms with van der Waals surface area (Å²) in [6.07, 6.45) is -2.48. The molecule has 1 aliphatic heterocycles. The lowest BCUT2D eigenvalue weighted by Crippen LogP contribution is -2.45. The third-order valence-corrected chi connectivity index (χ3v) is 3.21. The third-order valence-electron chi connectivity index (χ3n) is 3.21. The smallest absolute Gasteiger partial charge is 0.341 e. The van der Waals surface area contributed by atoms with Crippen LogP contribution in [0.2, 0.25) is 0 Å². The predicted molar refractivity (Wildman–Crippen MR) is 63.2 cm³/mol. The minimum atomic E-state index is -4.25. The largest absolute Gasteiger partial charge is 0.389 e. The van der Waals surface area contributed by atoms with E-state index in [1.807, 2.05) is 0 Å². The van der Waals surface area contributed by atoms with E-state index in [2.05, 4.69) is 5.32 Å². The number of nitrogens with zero attached hydrogens (tertiary/aromatic N) is 1. The van der Waals surface area contributed by atoms with Gasteiger partial charge in [-0.15, -0.1) is 0 Å². The first kappa shape index (κ1) is 15.3. The van der Waals surface area contributed by atoms with Crippen LogP contribution in [-0.2, 0) is 4.79 Å². The van der Waals surface area contributed by atoms with E-state index in [4.69, 9.17) is 0 Å². The molecular formula is C12H21F3N2O. The molecule has 0 aromatic rings. The van der Waals surface area contributed by atoms with Crippen molar-refractivity contribution in [1.82, 2.24) is 10.2 Å². The van der Waals surface area contributed by atoms with E-state index in [9.17, 15) is 18.0 Å². The van der Waals surface area contributed by atoms with Gasteiger partial charge in [-0.2, -0.15) is 13.2 Å². The van der Waals surface area contributed by atoms with Crippen LogP contribution >= 0.6 is 0 Å². The second-order valence-electron chi connectivity index (χ2n) is 4.69. The van der Waals surface area contributed by atoms with Crippen molar-refractivity contribution >= 4 is 5.91 Å². The van der Waals surface area contributed by atoms with Crippen molar-refractivity contribution in [3.63, 3.8) is 0 Å². The maximum atomic E-state index is 12.1. The lowest BCUT2D eigenvalue weighted by atomic mass is 10.0. The number of halogens is 3. The van der Waals surface area contributed by atoms with E-state index in [1.54, 1.807) is 6.92 Å². The van der Waals surface area contributed by atoms with Crippen LogP contribution in [0.5, 0.6) is 0 Å². The van der Waals surface area contributed by atoms with Gasteiger partial charge in [0.25, 0.3) is 0 Å². The number of carbonyl (C=O) groups excluding carboxylic acids is 1. The summed E-state index contributed by atoms with van der Waals surface area (Å²) in [6.45, 7) is 3.72. The van der Waals surface area contributed by atoms with E-state index in [1.165, 1.54) is 4.90 Å². The van der Waals surface area contributed by atoms with Gasteiger partial charge in [0.15, 0.2) is 0 Å². The fourth-order valence-corrected chi connectivity index (χ4v) is 2.16. The second kappa shape index (κ2) is 6.97. The zero-order chi connectivity index (χ0) is 13.6. The predicted octanol–water partition coefficient (Wildman–Crippen LogP) is 2.32. The van der Waals surface area contributed by atoms with Gasteiger partial charge in [-0.25, -0.2) is 0 Å². The summed E-state index contributed by atoms with van der Waals surface area (Å²) in [4.78, 5) is 13.2. The molecule has 1 fully saturated rings. The van der Waals surface area contributed by atoms with Crippen molar-refractivity contribution in [2.24, 2.45) is 0 Å². The summed E-state index contributed by atoms with van der Waals surface area (Å²) in [5.41, 5.74) is 0. The molecule has 1 N–H and O–H groups in total. The van der Waals surface area contributed by atoms with Gasteiger partial charge in [-0.05, 0) is 26.3 Å². The number of hydrogen-bond donors (Lipinski definition) is 1. The average Bonchev–Trinajstić information content (AvgIpc) is 2.33. The molecule has 106 valence electrons. The van der Waals surface area contributed by atoms with Crippen LogP contribution in [0.3, 0.4) is 0 Å². The van der Waals surface area contributed by atoms with Gasteiger partial charge >= 0.3 is 6.18 Å². The Bertz CT molecular complexity index is 263. The summed E-state index contributed by atoms with van der Waals surface area (Å²) in [5.74, 6) is -0.401. The van der Waals surface area contributed by atoms with Gasteiger partial charge in [-0.3, -0.25) is 4.79 Å². The first-order valence-corrected chi connectivity index (χ1v) is 6.50. The molecular weight excluding hydrogens is 245 g/mol. The molecule has 18 heavy (non-hydrogen) atoms. The quantitative estimate of drug-likeness (QED) is 0.828. The number of rotatable bonds is 5. The Kier molecular flexibility index (Phi) is 5.91. The first-order valence-electron chi connectivity index (χ1n) is 6.50. The van der Waals surface area contributed by atoms with E-state index < -0.39 is 24.9 Å². The molecule has 0 aromatic carbocycles. The van der Waals surface area contributed by atoms with Gasteiger partial charge in [0.1, 0.15) is 0 Å². The summed E-state index contributed by atoms with van der Waals surface area (Å²) in [7, 11) is 0. The second-order valence-corrected chi connectivity index (χ2v) is 4.69. The SMILES string of the molecule is CCN(CC1CCCCN1)C(=O)CCC(F)(F)F. The fraction of sp³-hybridized carbons (Fsp3) is 0.917. The highest BCUT2D eigenvalue weighted by atomic mass is 19.4. The average molecular weight is 266 g/mol. The topological polar surface area (TPSA) is 32.3 Å². The molecule has 0 bridgehead atoms. The highest BCUT2D eigenvalue weighted by Gasteiger charge is 2.29. The van der Waals surface area contributed by atoms with E-state index in [0.717, 1.165) is 25.8 Å². The Hall–Kier alpha value is -0.780. The van der Waals surface area contributed by atoms with Crippen molar-refractivity contribution in [3.8, 4) is 0 Å². The molecule has 0 aliphatic carbocycles. The Morgan fingerprint density at radius 2 is 2.11 bits per heavy atom. The Balaban J connectivity index is 2.36. The van der Waals surface area contributed by atoms with Gasteiger partial charge in [0, 0.05) is 25.6 Å². The summed E-state index contributed by atoms with van der Waals surface area (Å²) in [6, 6.07) is 0.230. The van der Waals surface area contributed by atoms with Gasteiger partial charge in [0.05, 0.1) is 6.42 Å². The number of amides is 1. The summed E-state index contributed by atoms with van der Waals surface area (Å²) < 4.78 is 36.2. The minimum Gasteiger partial charge on any atom is -0.341 e. The molecule has 6 heteroatoms. The Morgan fingerprint density at radius 1 is 1.39 bits per heavy atom. The zero-order valence-corrected chi connectivity index (χ0v) is 10.7. The molecule has 0 spiro atoms. The van der Waals surface area contributed by atoms with Crippen molar-refractivity contribution in [2.75, 3.05) is 19.6 Å². The van der Waals surface area contributed by atoms with Crippen LogP contribution in [0.1, 0.15) is 39.0 Å². The maximum Gasteiger partial charge on any atom is 0.389 e. The van der Waals surface area contributed by atoms with Crippen LogP contribution in [0.4, 0.5) is 13.2 Å². The van der Waals surface area contributed by atoms with Crippen molar-refractivity contribution in [3.05, 3.63) is 0 Å². The molecule has 1 unspecified atom stereocenters. The number of hydrogen-bond acceptors (Lipinski definition) is 2. The first-order chi connectivity index (χ1) is 8.42. The summed E-state index contributed by atoms with van der Waals surface area (Å²) in [5, 5.41) is 3.29. The Morgan fingerprint density at radius 3 is 2.61 bits per heavy atom. The number of likely N-dealkylation sites (N-methyl/N-ethyl adjacent to an activating group) is 1. The van der Waals surface area contributed by atoms with Crippen LogP contribution in [0.25, 0.3) is 0 Å². The molecule has 1 heterocycles. The molecule has 0 aromatic heterocycles. The van der Waals surface area contributed by atoms with Gasteiger partial charge in [-0.1, -0.05) is 6.42 Å².